The van der Waals surface area contributed by atoms with Crippen molar-refractivity contribution in [2.45, 2.75) is 12.3 Å². The van der Waals surface area contributed by atoms with E-state index in [9.17, 15) is 4.79 Å². The summed E-state index contributed by atoms with van der Waals surface area (Å²) in [5, 5.41) is 0. The Bertz CT molecular complexity index is 1410. The molecule has 33 heavy (non-hydrogen) atoms. The lowest BCUT2D eigenvalue weighted by Gasteiger charge is -2.17. The summed E-state index contributed by atoms with van der Waals surface area (Å²) in [6, 6.07) is 23.9. The molecule has 2 N–H and O–H groups in total. The van der Waals surface area contributed by atoms with Crippen LogP contribution in [0.15, 0.2) is 85.2 Å². The Balaban J connectivity index is 1.34. The van der Waals surface area contributed by atoms with Gasteiger partial charge in [-0.05, 0) is 54.4 Å². The van der Waals surface area contributed by atoms with Crippen molar-refractivity contribution in [1.29, 1.82) is 0 Å². The predicted octanol–water partition coefficient (Wildman–Crippen LogP) is 5.25. The third kappa shape index (κ3) is 3.59. The average Bonchev–Trinajstić information content (AvgIpc) is 3.65. The second-order valence-electron chi connectivity index (χ2n) is 8.44. The van der Waals surface area contributed by atoms with Gasteiger partial charge in [0.25, 0.3) is 5.91 Å². The van der Waals surface area contributed by atoms with Crippen molar-refractivity contribution in [2.24, 2.45) is 0 Å². The van der Waals surface area contributed by atoms with E-state index in [0.717, 1.165) is 47.8 Å². The topological polar surface area (TPSA) is 77.7 Å². The van der Waals surface area contributed by atoms with Crippen LogP contribution in [0.5, 0.6) is 0 Å². The van der Waals surface area contributed by atoms with Gasteiger partial charge in [-0.1, -0.05) is 30.3 Å². The molecule has 5 aromatic rings. The molecule has 2 aromatic carbocycles. The zero-order chi connectivity index (χ0) is 22.2. The van der Waals surface area contributed by atoms with E-state index in [1.165, 1.54) is 5.56 Å². The Morgan fingerprint density at radius 3 is 2.18 bits per heavy atom. The summed E-state index contributed by atoms with van der Waals surface area (Å²) < 4.78 is 0. The molecule has 1 aliphatic rings. The smallest absolute Gasteiger partial charge is 0.253 e. The molecule has 1 atom stereocenters. The highest BCUT2D eigenvalue weighted by Crippen LogP contribution is 2.31. The fourth-order valence-corrected chi connectivity index (χ4v) is 4.64. The lowest BCUT2D eigenvalue weighted by atomic mass is 9.99. The fourth-order valence-electron chi connectivity index (χ4n) is 4.64. The molecule has 0 aliphatic carbocycles. The highest BCUT2D eigenvalue weighted by atomic mass is 16.2. The van der Waals surface area contributed by atoms with Crippen LogP contribution in [-0.4, -0.2) is 43.8 Å². The van der Waals surface area contributed by atoms with Gasteiger partial charge in [0, 0.05) is 37.0 Å². The summed E-state index contributed by atoms with van der Waals surface area (Å²) in [6.07, 6.45) is 4.73. The predicted molar refractivity (Wildman–Crippen MR) is 129 cm³/mol. The van der Waals surface area contributed by atoms with E-state index in [0.29, 0.717) is 17.0 Å². The fraction of sp³-hybridized carbons (Fsp3) is 0.148. The maximum Gasteiger partial charge on any atom is 0.253 e. The van der Waals surface area contributed by atoms with Gasteiger partial charge in [0.15, 0.2) is 0 Å². The average molecular weight is 434 g/mol. The van der Waals surface area contributed by atoms with Gasteiger partial charge in [-0.3, -0.25) is 4.79 Å². The highest BCUT2D eigenvalue weighted by Gasteiger charge is 2.28. The molecule has 0 saturated carbocycles. The zero-order valence-electron chi connectivity index (χ0n) is 18.0. The van der Waals surface area contributed by atoms with Crippen LogP contribution in [0.2, 0.25) is 0 Å². The van der Waals surface area contributed by atoms with Crippen LogP contribution in [0.3, 0.4) is 0 Å². The van der Waals surface area contributed by atoms with Crippen molar-refractivity contribution in [3.63, 3.8) is 0 Å². The number of likely N-dealkylation sites (tertiary alicyclic amines) is 1. The Morgan fingerprint density at radius 1 is 0.818 bits per heavy atom. The minimum absolute atomic E-state index is 0.0481. The molecule has 4 heterocycles. The van der Waals surface area contributed by atoms with Gasteiger partial charge in [0.05, 0.1) is 22.4 Å². The summed E-state index contributed by atoms with van der Waals surface area (Å²) in [5.74, 6) is 0.435. The van der Waals surface area contributed by atoms with Gasteiger partial charge in [-0.2, -0.15) is 0 Å². The minimum atomic E-state index is 0.0481. The number of benzene rings is 2. The van der Waals surface area contributed by atoms with Crippen LogP contribution >= 0.6 is 0 Å². The molecule has 1 saturated heterocycles. The number of H-pyrrole nitrogens is 2. The van der Waals surface area contributed by atoms with Crippen molar-refractivity contribution in [3.05, 3.63) is 96.3 Å². The Labute approximate surface area is 191 Å². The number of aromatic amines is 2. The van der Waals surface area contributed by atoms with E-state index in [1.54, 1.807) is 0 Å². The Morgan fingerprint density at radius 2 is 1.52 bits per heavy atom. The number of nitrogens with one attached hydrogen (secondary N) is 2. The monoisotopic (exact) mass is 433 g/mol. The number of hydrogen-bond donors (Lipinski definition) is 2. The second kappa shape index (κ2) is 8.06. The summed E-state index contributed by atoms with van der Waals surface area (Å²) in [5.41, 5.74) is 6.73. The minimum Gasteiger partial charge on any atom is -0.360 e. The Kier molecular flexibility index (Phi) is 4.76. The van der Waals surface area contributed by atoms with Crippen LogP contribution in [0.25, 0.3) is 33.8 Å². The molecular formula is C27H23N5O. The van der Waals surface area contributed by atoms with Crippen molar-refractivity contribution >= 4 is 16.9 Å². The summed E-state index contributed by atoms with van der Waals surface area (Å²) in [6.45, 7) is 1.51. The third-order valence-corrected chi connectivity index (χ3v) is 6.36. The zero-order valence-corrected chi connectivity index (χ0v) is 18.0. The lowest BCUT2D eigenvalue weighted by Crippen LogP contribution is -2.28. The number of amides is 1. The van der Waals surface area contributed by atoms with Crippen LogP contribution < -0.4 is 0 Å². The first kappa shape index (κ1) is 19.5. The molecular weight excluding hydrogens is 410 g/mol. The Hall–Kier alpha value is -4.19. The molecule has 162 valence electrons. The van der Waals surface area contributed by atoms with Crippen molar-refractivity contribution in [1.82, 2.24) is 24.8 Å². The number of nitrogens with zero attached hydrogens (tertiary/aromatic N) is 3. The van der Waals surface area contributed by atoms with Crippen LogP contribution in [0, 0.1) is 0 Å². The summed E-state index contributed by atoms with van der Waals surface area (Å²) in [7, 11) is 0. The quantitative estimate of drug-likeness (QED) is 0.406. The maximum atomic E-state index is 13.3. The molecule has 0 radical (unpaired) electrons. The van der Waals surface area contributed by atoms with Crippen molar-refractivity contribution < 1.29 is 4.79 Å². The number of aromatic nitrogens is 4. The van der Waals surface area contributed by atoms with Gasteiger partial charge in [0.1, 0.15) is 11.4 Å². The molecule has 0 bridgehead atoms. The van der Waals surface area contributed by atoms with E-state index in [2.05, 4.69) is 34.2 Å². The van der Waals surface area contributed by atoms with E-state index in [4.69, 9.17) is 9.97 Å². The normalized spacial score (nSPS) is 15.9. The van der Waals surface area contributed by atoms with Crippen LogP contribution in [0.1, 0.15) is 28.3 Å². The molecule has 6 heteroatoms. The van der Waals surface area contributed by atoms with Gasteiger partial charge in [0.2, 0.25) is 0 Å². The maximum absolute atomic E-state index is 13.3. The highest BCUT2D eigenvalue weighted by molar-refractivity contribution is 5.98. The first-order valence-electron chi connectivity index (χ1n) is 11.2. The van der Waals surface area contributed by atoms with E-state index >= 15 is 0 Å². The first-order valence-corrected chi connectivity index (χ1v) is 11.2. The summed E-state index contributed by atoms with van der Waals surface area (Å²) in [4.78, 5) is 31.5. The first-order chi connectivity index (χ1) is 16.3. The van der Waals surface area contributed by atoms with Gasteiger partial charge < -0.3 is 14.9 Å². The van der Waals surface area contributed by atoms with E-state index in [1.807, 2.05) is 65.8 Å². The van der Waals surface area contributed by atoms with Crippen LogP contribution in [-0.2, 0) is 0 Å². The molecule has 0 unspecified atom stereocenters. The van der Waals surface area contributed by atoms with Crippen LogP contribution in [0.4, 0.5) is 0 Å². The van der Waals surface area contributed by atoms with Crippen molar-refractivity contribution in [3.8, 4) is 22.8 Å². The molecule has 1 amide bonds. The number of carbonyl (C=O) groups is 1. The number of hydrogen-bond acceptors (Lipinski definition) is 3. The third-order valence-electron chi connectivity index (χ3n) is 6.36. The molecule has 0 spiro atoms. The number of fused-ring (bicyclic) bond motifs is 1. The number of rotatable bonds is 4. The summed E-state index contributed by atoms with van der Waals surface area (Å²) >= 11 is 0. The van der Waals surface area contributed by atoms with Gasteiger partial charge >= 0.3 is 0 Å². The second-order valence-corrected chi connectivity index (χ2v) is 8.44. The van der Waals surface area contributed by atoms with Gasteiger partial charge in [-0.15, -0.1) is 0 Å². The SMILES string of the molecule is O=C(c1ccc2nc(-c3ccc[nH]3)c(-c3ccc[nH]3)nc2c1)N1CC[C@H](c2ccccc2)C1. The van der Waals surface area contributed by atoms with Gasteiger partial charge in [-0.25, -0.2) is 9.97 Å². The lowest BCUT2D eigenvalue weighted by molar-refractivity contribution is 0.0791. The van der Waals surface area contributed by atoms with E-state index < -0.39 is 0 Å². The number of carbonyl (C=O) groups excluding carboxylic acids is 1. The molecule has 1 aliphatic heterocycles. The molecule has 1 fully saturated rings. The van der Waals surface area contributed by atoms with E-state index in [-0.39, 0.29) is 5.91 Å². The molecule has 3 aromatic heterocycles. The van der Waals surface area contributed by atoms with Crippen molar-refractivity contribution in [2.75, 3.05) is 13.1 Å². The largest absolute Gasteiger partial charge is 0.360 e. The molecule has 6 nitrogen and oxygen atoms in total. The standard InChI is InChI=1S/C27H23N5O/c33-27(32-15-12-20(17-32)18-6-2-1-3-7-18)19-10-11-21-24(16-19)31-26(23-9-5-14-29-23)25(30-21)22-8-4-13-28-22/h1-11,13-14,16,20,28-29H,12,15,17H2/t20-/m0/s1. The molecule has 6 rings (SSSR count).